The van der Waals surface area contributed by atoms with Gasteiger partial charge in [-0.1, -0.05) is 34.8 Å². The van der Waals surface area contributed by atoms with Crippen molar-refractivity contribution in [1.82, 2.24) is 5.32 Å². The van der Waals surface area contributed by atoms with Gasteiger partial charge in [0.1, 0.15) is 5.75 Å². The first-order chi connectivity index (χ1) is 9.85. The topological polar surface area (TPSA) is 84.9 Å². The predicted octanol–water partition coefficient (Wildman–Crippen LogP) is 2.24. The van der Waals surface area contributed by atoms with Crippen LogP contribution >= 0.6 is 34.8 Å². The summed E-state index contributed by atoms with van der Waals surface area (Å²) in [7, 11) is 1.33. The zero-order valence-electron chi connectivity index (χ0n) is 10.9. The first kappa shape index (κ1) is 17.8. The normalized spacial score (nSPS) is 11.8. The van der Waals surface area contributed by atoms with E-state index in [0.29, 0.717) is 0 Å². The van der Waals surface area contributed by atoms with Gasteiger partial charge in [0.25, 0.3) is 5.91 Å². The van der Waals surface area contributed by atoms with E-state index in [-0.39, 0.29) is 27.4 Å². The van der Waals surface area contributed by atoms with E-state index in [9.17, 15) is 9.59 Å². The van der Waals surface area contributed by atoms with E-state index in [1.165, 1.54) is 19.2 Å². The van der Waals surface area contributed by atoms with Crippen molar-refractivity contribution in [1.29, 1.82) is 0 Å². The van der Waals surface area contributed by atoms with Crippen LogP contribution < -0.4 is 10.1 Å². The second kappa shape index (κ2) is 8.29. The SMILES string of the molecule is COCC(NC(=O)COc1cc(Cl)c(Cl)cc1Cl)C(=O)O. The van der Waals surface area contributed by atoms with Crippen LogP contribution in [0.4, 0.5) is 0 Å². The van der Waals surface area contributed by atoms with Crippen LogP contribution in [0.15, 0.2) is 12.1 Å². The molecule has 1 aromatic carbocycles. The average Bonchev–Trinajstić information content (AvgIpc) is 2.40. The highest BCUT2D eigenvalue weighted by Gasteiger charge is 2.20. The van der Waals surface area contributed by atoms with Gasteiger partial charge in [-0.15, -0.1) is 0 Å². The molecule has 2 N–H and O–H groups in total. The summed E-state index contributed by atoms with van der Waals surface area (Å²) in [6, 6.07) is 1.59. The van der Waals surface area contributed by atoms with Crippen molar-refractivity contribution < 1.29 is 24.2 Å². The Balaban J connectivity index is 2.60. The summed E-state index contributed by atoms with van der Waals surface area (Å²) < 4.78 is 9.86. The van der Waals surface area contributed by atoms with Crippen LogP contribution in [0.3, 0.4) is 0 Å². The molecule has 9 heteroatoms. The maximum atomic E-state index is 11.6. The Bertz CT molecular complexity index is 538. The van der Waals surface area contributed by atoms with Gasteiger partial charge >= 0.3 is 5.97 Å². The van der Waals surface area contributed by atoms with Crippen molar-refractivity contribution in [3.8, 4) is 5.75 Å². The van der Waals surface area contributed by atoms with E-state index in [1.54, 1.807) is 0 Å². The molecule has 0 aliphatic carbocycles. The smallest absolute Gasteiger partial charge is 0.328 e. The Hall–Kier alpha value is -1.21. The van der Waals surface area contributed by atoms with E-state index >= 15 is 0 Å². The second-order valence-electron chi connectivity index (χ2n) is 3.90. The number of aliphatic carboxylic acids is 1. The zero-order valence-corrected chi connectivity index (χ0v) is 13.1. The Kier molecular flexibility index (Phi) is 7.04. The fourth-order valence-corrected chi connectivity index (χ4v) is 1.93. The van der Waals surface area contributed by atoms with Crippen LogP contribution in [0.5, 0.6) is 5.75 Å². The van der Waals surface area contributed by atoms with Crippen molar-refractivity contribution in [2.24, 2.45) is 0 Å². The van der Waals surface area contributed by atoms with Crippen molar-refractivity contribution in [2.45, 2.75) is 6.04 Å². The number of carbonyl (C=O) groups is 2. The highest BCUT2D eigenvalue weighted by molar-refractivity contribution is 6.43. The molecule has 0 aromatic heterocycles. The highest BCUT2D eigenvalue weighted by Crippen LogP contribution is 2.33. The molecule has 21 heavy (non-hydrogen) atoms. The summed E-state index contributed by atoms with van der Waals surface area (Å²) >= 11 is 17.4. The summed E-state index contributed by atoms with van der Waals surface area (Å²) in [6.45, 7) is -0.584. The number of methoxy groups -OCH3 is 1. The van der Waals surface area contributed by atoms with Crippen molar-refractivity contribution in [2.75, 3.05) is 20.3 Å². The van der Waals surface area contributed by atoms with Gasteiger partial charge in [0.05, 0.1) is 21.7 Å². The minimum atomic E-state index is -1.21. The first-order valence-electron chi connectivity index (χ1n) is 5.63. The number of rotatable bonds is 7. The van der Waals surface area contributed by atoms with Gasteiger partial charge in [0, 0.05) is 13.2 Å². The lowest BCUT2D eigenvalue weighted by molar-refractivity contribution is -0.143. The molecule has 1 amide bonds. The fraction of sp³-hybridized carbons (Fsp3) is 0.333. The molecule has 1 aromatic rings. The summed E-state index contributed by atoms with van der Waals surface area (Å²) in [4.78, 5) is 22.5. The number of carboxylic acids is 1. The molecule has 1 unspecified atom stereocenters. The van der Waals surface area contributed by atoms with Crippen LogP contribution in [-0.4, -0.2) is 43.3 Å². The number of carboxylic acid groups (broad SMARTS) is 1. The molecule has 116 valence electrons. The van der Waals surface area contributed by atoms with Gasteiger partial charge in [-0.3, -0.25) is 4.79 Å². The highest BCUT2D eigenvalue weighted by atomic mass is 35.5. The Morgan fingerprint density at radius 3 is 2.43 bits per heavy atom. The molecule has 0 aliphatic rings. The van der Waals surface area contributed by atoms with Crippen molar-refractivity contribution in [3.63, 3.8) is 0 Å². The molecule has 0 radical (unpaired) electrons. The number of benzene rings is 1. The van der Waals surface area contributed by atoms with Crippen LogP contribution in [0, 0.1) is 0 Å². The van der Waals surface area contributed by atoms with Crippen LogP contribution in [0.2, 0.25) is 15.1 Å². The fourth-order valence-electron chi connectivity index (χ4n) is 1.34. The third-order valence-electron chi connectivity index (χ3n) is 2.30. The maximum Gasteiger partial charge on any atom is 0.328 e. The van der Waals surface area contributed by atoms with E-state index in [4.69, 9.17) is 44.6 Å². The summed E-state index contributed by atoms with van der Waals surface area (Å²) in [5.74, 6) is -1.68. The van der Waals surface area contributed by atoms with Crippen LogP contribution in [0.25, 0.3) is 0 Å². The van der Waals surface area contributed by atoms with Gasteiger partial charge in [-0.05, 0) is 6.07 Å². The molecular formula is C12H12Cl3NO5. The predicted molar refractivity (Wildman–Crippen MR) is 78.4 cm³/mol. The largest absolute Gasteiger partial charge is 0.482 e. The van der Waals surface area contributed by atoms with E-state index < -0.39 is 24.5 Å². The molecule has 0 aliphatic heterocycles. The Labute approximate surface area is 135 Å². The van der Waals surface area contributed by atoms with E-state index in [1.807, 2.05) is 0 Å². The van der Waals surface area contributed by atoms with Crippen LogP contribution in [-0.2, 0) is 14.3 Å². The summed E-state index contributed by atoms with van der Waals surface area (Å²) in [5.41, 5.74) is 0. The van der Waals surface area contributed by atoms with Gasteiger partial charge in [-0.25, -0.2) is 4.79 Å². The van der Waals surface area contributed by atoms with Crippen LogP contribution in [0.1, 0.15) is 0 Å². The van der Waals surface area contributed by atoms with Gasteiger partial charge < -0.3 is 19.9 Å². The van der Waals surface area contributed by atoms with Gasteiger partial charge in [0.2, 0.25) is 0 Å². The lowest BCUT2D eigenvalue weighted by Gasteiger charge is -2.14. The molecule has 0 saturated carbocycles. The number of halogens is 3. The minimum absolute atomic E-state index is 0.158. The number of carbonyl (C=O) groups excluding carboxylic acids is 1. The van der Waals surface area contributed by atoms with Gasteiger partial charge in [0.15, 0.2) is 12.6 Å². The van der Waals surface area contributed by atoms with E-state index in [0.717, 1.165) is 0 Å². The standard InChI is InChI=1S/C12H12Cl3NO5/c1-20-4-9(12(18)19)16-11(17)5-21-10-3-7(14)6(13)2-8(10)15/h2-3,9H,4-5H2,1H3,(H,16,17)(H,18,19). The molecule has 0 saturated heterocycles. The lowest BCUT2D eigenvalue weighted by Crippen LogP contribution is -2.45. The molecule has 1 atom stereocenters. The number of hydrogen-bond donors (Lipinski definition) is 2. The average molecular weight is 357 g/mol. The van der Waals surface area contributed by atoms with Crippen molar-refractivity contribution >= 4 is 46.7 Å². The molecule has 0 heterocycles. The second-order valence-corrected chi connectivity index (χ2v) is 5.12. The van der Waals surface area contributed by atoms with E-state index in [2.05, 4.69) is 10.1 Å². The number of nitrogens with one attached hydrogen (secondary N) is 1. The maximum absolute atomic E-state index is 11.6. The molecule has 6 nitrogen and oxygen atoms in total. The third kappa shape index (κ3) is 5.59. The molecule has 0 spiro atoms. The first-order valence-corrected chi connectivity index (χ1v) is 6.77. The Morgan fingerprint density at radius 1 is 1.24 bits per heavy atom. The van der Waals surface area contributed by atoms with Crippen molar-refractivity contribution in [3.05, 3.63) is 27.2 Å². The Morgan fingerprint density at radius 2 is 1.86 bits per heavy atom. The number of amides is 1. The molecular weight excluding hydrogens is 344 g/mol. The minimum Gasteiger partial charge on any atom is -0.482 e. The monoisotopic (exact) mass is 355 g/mol. The molecule has 0 bridgehead atoms. The number of hydrogen-bond acceptors (Lipinski definition) is 4. The zero-order chi connectivity index (χ0) is 16.0. The van der Waals surface area contributed by atoms with Gasteiger partial charge in [-0.2, -0.15) is 0 Å². The number of ether oxygens (including phenoxy) is 2. The summed E-state index contributed by atoms with van der Waals surface area (Å²) in [6.07, 6.45) is 0. The quantitative estimate of drug-likeness (QED) is 0.732. The third-order valence-corrected chi connectivity index (χ3v) is 3.32. The molecule has 1 rings (SSSR count). The molecule has 0 fully saturated rings. The lowest BCUT2D eigenvalue weighted by atomic mass is 10.3. The summed E-state index contributed by atoms with van der Waals surface area (Å²) in [5, 5.41) is 11.8.